The van der Waals surface area contributed by atoms with E-state index >= 15 is 0 Å². The van der Waals surface area contributed by atoms with Crippen molar-refractivity contribution in [2.75, 3.05) is 0 Å². The Labute approximate surface area is 117 Å². The zero-order valence-electron chi connectivity index (χ0n) is 10.5. The van der Waals surface area contributed by atoms with Gasteiger partial charge in [0.1, 0.15) is 0 Å². The van der Waals surface area contributed by atoms with E-state index in [0.717, 1.165) is 0 Å². The first-order valence-corrected chi connectivity index (χ1v) is 5.76. The lowest BCUT2D eigenvalue weighted by molar-refractivity contribution is -0.203. The normalized spacial score (nSPS) is 14.5. The summed E-state index contributed by atoms with van der Waals surface area (Å²) in [6, 6.07) is 4.11. The molecule has 4 nitrogen and oxygen atoms in total. The van der Waals surface area contributed by atoms with Crippen LogP contribution in [-0.4, -0.2) is 28.7 Å². The Balaban J connectivity index is 3.17. The van der Waals surface area contributed by atoms with E-state index in [1.165, 1.54) is 30.4 Å². The van der Waals surface area contributed by atoms with Crippen LogP contribution in [0.1, 0.15) is 22.8 Å². The van der Waals surface area contributed by atoms with Crippen molar-refractivity contribution in [2.24, 2.45) is 0 Å². The Hall–Kier alpha value is -1.76. The van der Waals surface area contributed by atoms with Gasteiger partial charge in [0.15, 0.2) is 0 Å². The molecule has 1 aromatic carbocycles. The quantitative estimate of drug-likeness (QED) is 0.902. The van der Waals surface area contributed by atoms with E-state index in [-0.39, 0.29) is 16.1 Å². The van der Waals surface area contributed by atoms with E-state index in [1.807, 2.05) is 0 Å². The molecule has 0 aliphatic heterocycles. The minimum absolute atomic E-state index is 0.116. The number of carbonyl (C=O) groups excluding carboxylic acids is 1. The highest BCUT2D eigenvalue weighted by molar-refractivity contribution is 6.31. The van der Waals surface area contributed by atoms with Crippen LogP contribution in [0.2, 0.25) is 5.02 Å². The summed E-state index contributed by atoms with van der Waals surface area (Å²) in [5.74, 6) is -3.36. The lowest BCUT2D eigenvalue weighted by Gasteiger charge is -2.28. The van der Waals surface area contributed by atoms with Crippen LogP contribution in [0, 0.1) is 6.92 Å². The van der Waals surface area contributed by atoms with Gasteiger partial charge in [-0.3, -0.25) is 4.79 Å². The van der Waals surface area contributed by atoms with Crippen LogP contribution >= 0.6 is 11.6 Å². The van der Waals surface area contributed by atoms with Crippen molar-refractivity contribution >= 4 is 23.5 Å². The Morgan fingerprint density at radius 3 is 2.30 bits per heavy atom. The number of carbonyl (C=O) groups is 2. The minimum Gasteiger partial charge on any atom is -0.479 e. The molecule has 0 saturated heterocycles. The molecule has 0 radical (unpaired) electrons. The fourth-order valence-electron chi connectivity index (χ4n) is 1.39. The molecule has 1 amide bonds. The van der Waals surface area contributed by atoms with E-state index in [2.05, 4.69) is 0 Å². The zero-order valence-corrected chi connectivity index (χ0v) is 11.3. The average Bonchev–Trinajstić information content (AvgIpc) is 2.30. The third-order valence-corrected chi connectivity index (χ3v) is 3.28. The van der Waals surface area contributed by atoms with Gasteiger partial charge in [0, 0.05) is 10.6 Å². The summed E-state index contributed by atoms with van der Waals surface area (Å²) in [6.07, 6.45) is -5.14. The van der Waals surface area contributed by atoms with Gasteiger partial charge >= 0.3 is 12.1 Å². The van der Waals surface area contributed by atoms with Gasteiger partial charge in [-0.25, -0.2) is 4.79 Å². The van der Waals surface area contributed by atoms with Crippen LogP contribution in [0.5, 0.6) is 0 Å². The van der Waals surface area contributed by atoms with Gasteiger partial charge in [-0.1, -0.05) is 17.7 Å². The van der Waals surface area contributed by atoms with Gasteiger partial charge in [0.25, 0.3) is 5.91 Å². The molecule has 1 atom stereocenters. The van der Waals surface area contributed by atoms with E-state index in [9.17, 15) is 22.8 Å². The molecule has 0 aliphatic carbocycles. The van der Waals surface area contributed by atoms with Crippen LogP contribution in [-0.2, 0) is 4.79 Å². The molecule has 110 valence electrons. The Morgan fingerprint density at radius 2 is 1.85 bits per heavy atom. The third-order valence-electron chi connectivity index (χ3n) is 2.87. The average molecular weight is 310 g/mol. The predicted octanol–water partition coefficient (Wildman–Crippen LogP) is 2.78. The summed E-state index contributed by atoms with van der Waals surface area (Å²) < 4.78 is 38.4. The van der Waals surface area contributed by atoms with Crippen molar-refractivity contribution in [1.82, 2.24) is 5.32 Å². The number of benzene rings is 1. The number of carboxylic acids is 1. The molecule has 8 heteroatoms. The second-order valence-corrected chi connectivity index (χ2v) is 4.70. The van der Waals surface area contributed by atoms with Crippen molar-refractivity contribution in [3.63, 3.8) is 0 Å². The predicted molar refractivity (Wildman–Crippen MR) is 65.8 cm³/mol. The first-order valence-electron chi connectivity index (χ1n) is 5.38. The monoisotopic (exact) mass is 309 g/mol. The van der Waals surface area contributed by atoms with Crippen LogP contribution in [0.4, 0.5) is 13.2 Å². The molecule has 0 aliphatic rings. The highest BCUT2D eigenvalue weighted by Crippen LogP contribution is 2.31. The maximum atomic E-state index is 12.8. The number of rotatable bonds is 3. The largest absolute Gasteiger partial charge is 0.479 e. The standard InChI is InChI=1S/C12H11ClF3NO3/c1-6-7(4-3-5-8(6)13)9(18)17-11(2,10(19)20)12(14,15)16/h3-5H,1-2H3,(H,17,18)(H,19,20). The molecular weight excluding hydrogens is 299 g/mol. The molecule has 0 bridgehead atoms. The molecule has 0 heterocycles. The summed E-state index contributed by atoms with van der Waals surface area (Å²) >= 11 is 5.76. The second-order valence-electron chi connectivity index (χ2n) is 4.29. The topological polar surface area (TPSA) is 66.4 Å². The molecule has 20 heavy (non-hydrogen) atoms. The fraction of sp³-hybridized carbons (Fsp3) is 0.333. The number of carboxylic acid groups (broad SMARTS) is 1. The second kappa shape index (κ2) is 5.32. The Morgan fingerprint density at radius 1 is 1.30 bits per heavy atom. The number of hydrogen-bond donors (Lipinski definition) is 2. The maximum Gasteiger partial charge on any atom is 0.422 e. The number of halogens is 4. The van der Waals surface area contributed by atoms with E-state index in [0.29, 0.717) is 6.92 Å². The summed E-state index contributed by atoms with van der Waals surface area (Å²) in [5.41, 5.74) is -3.23. The fourth-order valence-corrected chi connectivity index (χ4v) is 1.57. The van der Waals surface area contributed by atoms with Gasteiger partial charge in [0.05, 0.1) is 0 Å². The van der Waals surface area contributed by atoms with Gasteiger partial charge in [0.2, 0.25) is 5.54 Å². The minimum atomic E-state index is -5.14. The van der Waals surface area contributed by atoms with Gasteiger partial charge in [-0.2, -0.15) is 13.2 Å². The van der Waals surface area contributed by atoms with Crippen molar-refractivity contribution in [1.29, 1.82) is 0 Å². The molecule has 0 saturated carbocycles. The van der Waals surface area contributed by atoms with E-state index < -0.39 is 23.6 Å². The Bertz CT molecular complexity index is 559. The SMILES string of the molecule is Cc1c(Cl)cccc1C(=O)NC(C)(C(=O)O)C(F)(F)F. The first kappa shape index (κ1) is 16.3. The lowest BCUT2D eigenvalue weighted by atomic mass is 10.00. The molecular formula is C12H11ClF3NO3. The van der Waals surface area contributed by atoms with Crippen LogP contribution < -0.4 is 5.32 Å². The number of nitrogens with one attached hydrogen (secondary N) is 1. The van der Waals surface area contributed by atoms with Crippen LogP contribution in [0.15, 0.2) is 18.2 Å². The van der Waals surface area contributed by atoms with Crippen molar-refractivity contribution in [2.45, 2.75) is 25.6 Å². The van der Waals surface area contributed by atoms with Crippen LogP contribution in [0.25, 0.3) is 0 Å². The summed E-state index contributed by atoms with van der Waals surface area (Å²) in [6.45, 7) is 1.83. The molecule has 1 aromatic rings. The molecule has 1 unspecified atom stereocenters. The number of alkyl halides is 3. The Kier molecular flexibility index (Phi) is 4.33. The van der Waals surface area contributed by atoms with Crippen molar-refractivity contribution in [3.8, 4) is 0 Å². The maximum absolute atomic E-state index is 12.8. The summed E-state index contributed by atoms with van der Waals surface area (Å²) in [4.78, 5) is 22.7. The summed E-state index contributed by atoms with van der Waals surface area (Å²) in [5, 5.41) is 10.4. The number of hydrogen-bond acceptors (Lipinski definition) is 2. The zero-order chi connectivity index (χ0) is 15.7. The smallest absolute Gasteiger partial charge is 0.422 e. The van der Waals surface area contributed by atoms with Gasteiger partial charge in [-0.05, 0) is 31.5 Å². The van der Waals surface area contributed by atoms with Crippen LogP contribution in [0.3, 0.4) is 0 Å². The van der Waals surface area contributed by atoms with Crippen molar-refractivity contribution < 1.29 is 27.9 Å². The molecule has 0 aromatic heterocycles. The highest BCUT2D eigenvalue weighted by atomic mass is 35.5. The highest BCUT2D eigenvalue weighted by Gasteiger charge is 2.58. The van der Waals surface area contributed by atoms with Crippen molar-refractivity contribution in [3.05, 3.63) is 34.3 Å². The first-order chi connectivity index (χ1) is 9.00. The third kappa shape index (κ3) is 2.87. The number of amides is 1. The number of aliphatic carboxylic acids is 1. The lowest BCUT2D eigenvalue weighted by Crippen LogP contribution is -2.61. The van der Waals surface area contributed by atoms with E-state index in [1.54, 1.807) is 0 Å². The van der Waals surface area contributed by atoms with E-state index in [4.69, 9.17) is 16.7 Å². The molecule has 0 spiro atoms. The van der Waals surface area contributed by atoms with Gasteiger partial charge in [-0.15, -0.1) is 0 Å². The molecule has 2 N–H and O–H groups in total. The summed E-state index contributed by atoms with van der Waals surface area (Å²) in [7, 11) is 0. The van der Waals surface area contributed by atoms with Gasteiger partial charge < -0.3 is 10.4 Å². The molecule has 1 rings (SSSR count). The molecule has 0 fully saturated rings.